The van der Waals surface area contributed by atoms with E-state index in [4.69, 9.17) is 11.6 Å². The second-order valence-electron chi connectivity index (χ2n) is 6.20. The molecular weight excluding hydrogens is 352 g/mol. The maximum Gasteiger partial charge on any atom is 0.285 e. The Morgan fingerprint density at radius 2 is 1.77 bits per heavy atom. The molecule has 2 heterocycles. The molecule has 1 amide bonds. The molecule has 1 aliphatic heterocycles. The van der Waals surface area contributed by atoms with Gasteiger partial charge in [-0.25, -0.2) is 5.10 Å². The molecule has 0 unspecified atom stereocenters. The van der Waals surface area contributed by atoms with Crippen LogP contribution in [0.2, 0.25) is 5.02 Å². The van der Waals surface area contributed by atoms with Crippen LogP contribution in [0.15, 0.2) is 53.5 Å². The van der Waals surface area contributed by atoms with Crippen LogP contribution >= 0.6 is 11.6 Å². The molecule has 0 aliphatic carbocycles. The van der Waals surface area contributed by atoms with Gasteiger partial charge in [0, 0.05) is 31.7 Å². The van der Waals surface area contributed by atoms with Crippen molar-refractivity contribution < 1.29 is 4.79 Å². The third-order valence-corrected chi connectivity index (χ3v) is 5.07. The number of nitrogens with zero attached hydrogens (tertiary/aromatic N) is 3. The van der Waals surface area contributed by atoms with Gasteiger partial charge in [-0.3, -0.25) is 9.59 Å². The van der Waals surface area contributed by atoms with E-state index < -0.39 is 5.56 Å². The molecule has 1 fully saturated rings. The summed E-state index contributed by atoms with van der Waals surface area (Å²) in [5, 5.41) is 8.28. The van der Waals surface area contributed by atoms with Crippen molar-refractivity contribution in [1.29, 1.82) is 0 Å². The molecular formula is C19H17ClN4O2. The van der Waals surface area contributed by atoms with Gasteiger partial charge in [-0.05, 0) is 16.8 Å². The van der Waals surface area contributed by atoms with Crippen LogP contribution in [-0.4, -0.2) is 47.2 Å². The predicted molar refractivity (Wildman–Crippen MR) is 102 cm³/mol. The van der Waals surface area contributed by atoms with E-state index in [1.165, 1.54) is 0 Å². The Morgan fingerprint density at radius 3 is 2.58 bits per heavy atom. The lowest BCUT2D eigenvalue weighted by Gasteiger charge is -2.36. The second-order valence-corrected chi connectivity index (χ2v) is 6.58. The Bertz CT molecular complexity index is 1020. The number of piperazine rings is 1. The summed E-state index contributed by atoms with van der Waals surface area (Å²) < 4.78 is 0. The van der Waals surface area contributed by atoms with Crippen LogP contribution in [0.4, 0.5) is 5.69 Å². The minimum atomic E-state index is -0.404. The van der Waals surface area contributed by atoms with Crippen molar-refractivity contribution in [3.63, 3.8) is 0 Å². The van der Waals surface area contributed by atoms with Gasteiger partial charge in [-0.2, -0.15) is 5.10 Å². The lowest BCUT2D eigenvalue weighted by Crippen LogP contribution is -2.49. The second kappa shape index (κ2) is 6.80. The number of hydrogen-bond donors (Lipinski definition) is 1. The number of carbonyl (C=O) groups is 1. The van der Waals surface area contributed by atoms with Crippen molar-refractivity contribution in [1.82, 2.24) is 15.1 Å². The average molecular weight is 369 g/mol. The van der Waals surface area contributed by atoms with Gasteiger partial charge >= 0.3 is 0 Å². The Morgan fingerprint density at radius 1 is 1.04 bits per heavy atom. The van der Waals surface area contributed by atoms with E-state index in [0.29, 0.717) is 37.4 Å². The van der Waals surface area contributed by atoms with Gasteiger partial charge in [0.1, 0.15) is 5.02 Å². The number of halogens is 1. The summed E-state index contributed by atoms with van der Waals surface area (Å²) in [6.45, 7) is 2.32. The highest BCUT2D eigenvalue weighted by atomic mass is 35.5. The first-order valence-electron chi connectivity index (χ1n) is 8.40. The van der Waals surface area contributed by atoms with Crippen molar-refractivity contribution in [2.24, 2.45) is 0 Å². The van der Waals surface area contributed by atoms with Gasteiger partial charge in [0.15, 0.2) is 0 Å². The molecule has 26 heavy (non-hydrogen) atoms. The molecule has 0 radical (unpaired) electrons. The zero-order valence-electron chi connectivity index (χ0n) is 14.0. The fraction of sp³-hybridized carbons (Fsp3) is 0.211. The molecule has 1 aromatic heterocycles. The molecule has 0 saturated carbocycles. The minimum Gasteiger partial charge on any atom is -0.365 e. The van der Waals surface area contributed by atoms with Crippen molar-refractivity contribution >= 4 is 34.0 Å². The normalized spacial score (nSPS) is 14.7. The number of hydrogen-bond acceptors (Lipinski definition) is 4. The minimum absolute atomic E-state index is 0.0246. The number of carbonyl (C=O) groups excluding carboxylic acids is 1. The molecule has 132 valence electrons. The van der Waals surface area contributed by atoms with Crippen LogP contribution in [0, 0.1) is 0 Å². The number of fused-ring (bicyclic) bond motifs is 1. The van der Waals surface area contributed by atoms with E-state index in [-0.39, 0.29) is 10.9 Å². The van der Waals surface area contributed by atoms with Gasteiger partial charge in [0.25, 0.3) is 11.5 Å². The highest BCUT2D eigenvalue weighted by Crippen LogP contribution is 2.24. The number of benzene rings is 2. The molecule has 4 rings (SSSR count). The zero-order valence-corrected chi connectivity index (χ0v) is 14.7. The van der Waals surface area contributed by atoms with E-state index in [0.717, 1.165) is 10.8 Å². The lowest BCUT2D eigenvalue weighted by molar-refractivity contribution is 0.0749. The maximum atomic E-state index is 13.0. The lowest BCUT2D eigenvalue weighted by atomic mass is 10.0. The van der Waals surface area contributed by atoms with E-state index in [2.05, 4.69) is 10.2 Å². The van der Waals surface area contributed by atoms with Gasteiger partial charge < -0.3 is 9.80 Å². The summed E-state index contributed by atoms with van der Waals surface area (Å²) in [6.07, 6.45) is 1.55. The summed E-state index contributed by atoms with van der Waals surface area (Å²) in [6, 6.07) is 13.7. The van der Waals surface area contributed by atoms with E-state index in [1.807, 2.05) is 52.3 Å². The molecule has 2 aromatic carbocycles. The van der Waals surface area contributed by atoms with Crippen molar-refractivity contribution in [3.05, 3.63) is 69.6 Å². The number of H-pyrrole nitrogens is 1. The molecule has 1 saturated heterocycles. The largest absolute Gasteiger partial charge is 0.365 e. The molecule has 0 atom stereocenters. The average Bonchev–Trinajstić information content (AvgIpc) is 2.69. The highest BCUT2D eigenvalue weighted by Gasteiger charge is 2.25. The fourth-order valence-electron chi connectivity index (χ4n) is 3.33. The van der Waals surface area contributed by atoms with Crippen LogP contribution < -0.4 is 10.5 Å². The number of anilines is 1. The number of nitrogens with one attached hydrogen (secondary N) is 1. The molecule has 0 spiro atoms. The first kappa shape index (κ1) is 16.6. The standard InChI is InChI=1S/C19H17ClN4O2/c20-17-16(12-21-22-18(17)25)23-8-10-24(11-9-23)19(26)15-7-3-5-13-4-1-2-6-14(13)15/h1-7,12H,8-11H2,(H,22,25). The van der Waals surface area contributed by atoms with Gasteiger partial charge in [-0.15, -0.1) is 0 Å². The van der Waals surface area contributed by atoms with E-state index in [1.54, 1.807) is 6.20 Å². The van der Waals surface area contributed by atoms with Gasteiger partial charge in [-0.1, -0.05) is 48.0 Å². The molecule has 6 nitrogen and oxygen atoms in total. The summed E-state index contributed by atoms with van der Waals surface area (Å²) >= 11 is 6.08. The fourth-order valence-corrected chi connectivity index (χ4v) is 3.54. The Kier molecular flexibility index (Phi) is 4.34. The first-order chi connectivity index (χ1) is 12.6. The Hall–Kier alpha value is -2.86. The summed E-state index contributed by atoms with van der Waals surface area (Å²) in [5.41, 5.74) is 0.915. The van der Waals surface area contributed by atoms with Crippen LogP contribution in [-0.2, 0) is 0 Å². The molecule has 1 N–H and O–H groups in total. The quantitative estimate of drug-likeness (QED) is 0.754. The summed E-state index contributed by atoms with van der Waals surface area (Å²) in [5.74, 6) is 0.0246. The monoisotopic (exact) mass is 368 g/mol. The maximum absolute atomic E-state index is 13.0. The first-order valence-corrected chi connectivity index (χ1v) is 8.78. The molecule has 3 aromatic rings. The van der Waals surface area contributed by atoms with Gasteiger partial charge in [0.2, 0.25) is 0 Å². The third-order valence-electron chi connectivity index (χ3n) is 4.70. The van der Waals surface area contributed by atoms with Crippen LogP contribution in [0.3, 0.4) is 0 Å². The zero-order chi connectivity index (χ0) is 18.1. The number of aromatic amines is 1. The van der Waals surface area contributed by atoms with Crippen molar-refractivity contribution in [3.8, 4) is 0 Å². The number of rotatable bonds is 2. The SMILES string of the molecule is O=C(c1cccc2ccccc12)N1CCN(c2cn[nH]c(=O)c2Cl)CC1. The molecule has 7 heteroatoms. The smallest absolute Gasteiger partial charge is 0.285 e. The Balaban J connectivity index is 1.53. The Labute approximate surface area is 155 Å². The van der Waals surface area contributed by atoms with E-state index in [9.17, 15) is 9.59 Å². The summed E-state index contributed by atoms with van der Waals surface area (Å²) in [7, 11) is 0. The van der Waals surface area contributed by atoms with Crippen molar-refractivity contribution in [2.75, 3.05) is 31.1 Å². The highest BCUT2D eigenvalue weighted by molar-refractivity contribution is 6.33. The van der Waals surface area contributed by atoms with Gasteiger partial charge in [0.05, 0.1) is 11.9 Å². The van der Waals surface area contributed by atoms with Crippen LogP contribution in [0.1, 0.15) is 10.4 Å². The summed E-state index contributed by atoms with van der Waals surface area (Å²) in [4.78, 5) is 28.4. The number of amides is 1. The van der Waals surface area contributed by atoms with Crippen LogP contribution in [0.5, 0.6) is 0 Å². The third kappa shape index (κ3) is 2.93. The van der Waals surface area contributed by atoms with Crippen LogP contribution in [0.25, 0.3) is 10.8 Å². The van der Waals surface area contributed by atoms with E-state index >= 15 is 0 Å². The molecule has 0 bridgehead atoms. The molecule has 1 aliphatic rings. The number of aromatic nitrogens is 2. The topological polar surface area (TPSA) is 69.3 Å². The predicted octanol–water partition coefficient (Wildman–Crippen LogP) is 2.54. The van der Waals surface area contributed by atoms with Crippen molar-refractivity contribution in [2.45, 2.75) is 0 Å².